The fraction of sp³-hybridized carbons (Fsp3) is 0.588. The second kappa shape index (κ2) is 6.30. The van der Waals surface area contributed by atoms with Crippen molar-refractivity contribution in [1.29, 1.82) is 0 Å². The standard InChI is InChI=1S/C17H21N3O5S2/c1-19(11-5-8-27(24,25)10-11)14(21)9-20-15(22)17(18-16(20)23)6-2-3-13-12(17)4-7-26-13/h4,7,11H,2-3,5-6,8-10H2,1H3,(H,18,23)/t11-,17+/m1/s1. The monoisotopic (exact) mass is 411 g/mol. The maximum atomic E-state index is 13.1. The van der Waals surface area contributed by atoms with Crippen LogP contribution in [-0.2, 0) is 31.4 Å². The van der Waals surface area contributed by atoms with Crippen molar-refractivity contribution in [2.24, 2.45) is 0 Å². The van der Waals surface area contributed by atoms with Crippen LogP contribution in [0.1, 0.15) is 29.7 Å². The molecular formula is C17H21N3O5S2. The van der Waals surface area contributed by atoms with Gasteiger partial charge in [-0.3, -0.25) is 14.5 Å². The normalized spacial score (nSPS) is 29.1. The van der Waals surface area contributed by atoms with Crippen LogP contribution in [-0.4, -0.2) is 67.2 Å². The van der Waals surface area contributed by atoms with E-state index in [0.717, 1.165) is 28.2 Å². The van der Waals surface area contributed by atoms with Crippen molar-refractivity contribution < 1.29 is 22.8 Å². The van der Waals surface area contributed by atoms with E-state index in [-0.39, 0.29) is 18.1 Å². The van der Waals surface area contributed by atoms with Gasteiger partial charge in [-0.25, -0.2) is 13.2 Å². The van der Waals surface area contributed by atoms with Crippen LogP contribution in [0.3, 0.4) is 0 Å². The van der Waals surface area contributed by atoms with Gasteiger partial charge in [0.05, 0.1) is 11.5 Å². The molecule has 2 aliphatic heterocycles. The van der Waals surface area contributed by atoms with Crippen LogP contribution in [0.4, 0.5) is 4.79 Å². The predicted octanol–water partition coefficient (Wildman–Crippen LogP) is 0.477. The molecule has 0 bridgehead atoms. The third-order valence-electron chi connectivity index (χ3n) is 5.78. The predicted molar refractivity (Wildman–Crippen MR) is 99.0 cm³/mol. The highest BCUT2D eigenvalue weighted by atomic mass is 32.2. The summed E-state index contributed by atoms with van der Waals surface area (Å²) in [5.41, 5.74) is -0.234. The average Bonchev–Trinajstić information content (AvgIpc) is 3.29. The Morgan fingerprint density at radius 2 is 2.22 bits per heavy atom. The van der Waals surface area contributed by atoms with E-state index in [1.165, 1.54) is 11.9 Å². The van der Waals surface area contributed by atoms with Gasteiger partial charge in [-0.05, 0) is 37.1 Å². The summed E-state index contributed by atoms with van der Waals surface area (Å²) in [6.45, 7) is -0.376. The van der Waals surface area contributed by atoms with Crippen LogP contribution in [0.2, 0.25) is 0 Å². The lowest BCUT2D eigenvalue weighted by atomic mass is 9.80. The van der Waals surface area contributed by atoms with E-state index in [2.05, 4.69) is 5.32 Å². The number of amides is 4. The van der Waals surface area contributed by atoms with Crippen molar-refractivity contribution in [3.05, 3.63) is 21.9 Å². The number of fused-ring (bicyclic) bond motifs is 2. The molecule has 27 heavy (non-hydrogen) atoms. The first-order valence-corrected chi connectivity index (χ1v) is 11.6. The van der Waals surface area contributed by atoms with Crippen LogP contribution >= 0.6 is 11.3 Å². The number of urea groups is 1. The fourth-order valence-corrected chi connectivity index (χ4v) is 6.99. The number of likely N-dealkylation sites (N-methyl/N-ethyl adjacent to an activating group) is 1. The summed E-state index contributed by atoms with van der Waals surface area (Å²) in [7, 11) is -1.60. The van der Waals surface area contributed by atoms with Crippen molar-refractivity contribution >= 4 is 39.0 Å². The SMILES string of the molecule is CN(C(=O)CN1C(=O)N[C@]2(CCCc3sccc32)C1=O)[C@@H]1CCS(=O)(=O)C1. The van der Waals surface area contributed by atoms with Crippen molar-refractivity contribution in [2.75, 3.05) is 25.1 Å². The molecule has 3 heterocycles. The molecule has 2 fully saturated rings. The van der Waals surface area contributed by atoms with E-state index in [1.807, 2.05) is 11.4 Å². The summed E-state index contributed by atoms with van der Waals surface area (Å²) in [5.74, 6) is -0.841. The average molecular weight is 412 g/mol. The Balaban J connectivity index is 1.52. The molecule has 0 aromatic carbocycles. The van der Waals surface area contributed by atoms with Crippen LogP contribution in [0.5, 0.6) is 0 Å². The highest BCUT2D eigenvalue weighted by molar-refractivity contribution is 7.91. The molecular weight excluding hydrogens is 390 g/mol. The number of thiophene rings is 1. The summed E-state index contributed by atoms with van der Waals surface area (Å²) in [5, 5.41) is 4.73. The molecule has 10 heteroatoms. The largest absolute Gasteiger partial charge is 0.340 e. The number of sulfone groups is 1. The van der Waals surface area contributed by atoms with Crippen molar-refractivity contribution in [3.8, 4) is 0 Å². The number of carbonyl (C=O) groups is 3. The van der Waals surface area contributed by atoms with Crippen molar-refractivity contribution in [1.82, 2.24) is 15.1 Å². The summed E-state index contributed by atoms with van der Waals surface area (Å²) in [6, 6.07) is 0.897. The second-order valence-electron chi connectivity index (χ2n) is 7.40. The van der Waals surface area contributed by atoms with Gasteiger partial charge in [0.2, 0.25) is 5.91 Å². The van der Waals surface area contributed by atoms with Gasteiger partial charge in [0.1, 0.15) is 12.1 Å². The Kier molecular flexibility index (Phi) is 4.30. The Hall–Kier alpha value is -1.94. The topological polar surface area (TPSA) is 104 Å². The highest BCUT2D eigenvalue weighted by Gasteiger charge is 2.54. The summed E-state index contributed by atoms with van der Waals surface area (Å²) in [6.07, 6.45) is 2.58. The van der Waals surface area contributed by atoms with Crippen LogP contribution in [0.25, 0.3) is 0 Å². The molecule has 0 radical (unpaired) electrons. The molecule has 1 aromatic heterocycles. The van der Waals surface area contributed by atoms with Crippen molar-refractivity contribution in [2.45, 2.75) is 37.3 Å². The molecule has 1 aromatic rings. The van der Waals surface area contributed by atoms with E-state index < -0.39 is 39.3 Å². The van der Waals surface area contributed by atoms with Gasteiger partial charge in [-0.1, -0.05) is 0 Å². The van der Waals surface area contributed by atoms with Gasteiger partial charge in [-0.15, -0.1) is 11.3 Å². The van der Waals surface area contributed by atoms with E-state index in [9.17, 15) is 22.8 Å². The molecule has 146 valence electrons. The number of hydrogen-bond donors (Lipinski definition) is 1. The first-order valence-electron chi connectivity index (χ1n) is 8.90. The van der Waals surface area contributed by atoms with Crippen LogP contribution in [0, 0.1) is 0 Å². The fourth-order valence-electron chi connectivity index (χ4n) is 4.22. The number of imide groups is 1. The number of nitrogens with one attached hydrogen (secondary N) is 1. The quantitative estimate of drug-likeness (QED) is 0.729. The van der Waals surface area contributed by atoms with Gasteiger partial charge < -0.3 is 10.2 Å². The number of rotatable bonds is 3. The molecule has 1 N–H and O–H groups in total. The zero-order valence-electron chi connectivity index (χ0n) is 14.9. The maximum Gasteiger partial charge on any atom is 0.325 e. The number of nitrogens with zero attached hydrogens (tertiary/aromatic N) is 2. The molecule has 1 spiro atoms. The number of hydrogen-bond acceptors (Lipinski definition) is 6. The zero-order chi connectivity index (χ0) is 19.4. The lowest BCUT2D eigenvalue weighted by Crippen LogP contribution is -2.48. The minimum atomic E-state index is -3.12. The third-order valence-corrected chi connectivity index (χ3v) is 8.51. The van der Waals surface area contributed by atoms with Gasteiger partial charge >= 0.3 is 6.03 Å². The molecule has 1 aliphatic carbocycles. The van der Waals surface area contributed by atoms with E-state index >= 15 is 0 Å². The molecule has 3 aliphatic rings. The second-order valence-corrected chi connectivity index (χ2v) is 10.6. The first kappa shape index (κ1) is 18.4. The molecule has 0 unspecified atom stereocenters. The van der Waals surface area contributed by atoms with Gasteiger partial charge in [0, 0.05) is 23.5 Å². The Bertz CT molecular complexity index is 925. The van der Waals surface area contributed by atoms with Gasteiger partial charge in [0.25, 0.3) is 5.91 Å². The minimum Gasteiger partial charge on any atom is -0.340 e. The lowest BCUT2D eigenvalue weighted by molar-refractivity contribution is -0.139. The first-order chi connectivity index (χ1) is 12.7. The summed E-state index contributed by atoms with van der Waals surface area (Å²) >= 11 is 1.57. The van der Waals surface area contributed by atoms with Gasteiger partial charge in [0.15, 0.2) is 9.84 Å². The van der Waals surface area contributed by atoms with Gasteiger partial charge in [-0.2, -0.15) is 0 Å². The Morgan fingerprint density at radius 1 is 1.44 bits per heavy atom. The minimum absolute atomic E-state index is 0.0580. The summed E-state index contributed by atoms with van der Waals surface area (Å²) in [4.78, 5) is 41.6. The Labute approximate surface area is 161 Å². The van der Waals surface area contributed by atoms with E-state index in [4.69, 9.17) is 0 Å². The van der Waals surface area contributed by atoms with Crippen molar-refractivity contribution in [3.63, 3.8) is 0 Å². The van der Waals surface area contributed by atoms with E-state index in [1.54, 1.807) is 11.3 Å². The highest BCUT2D eigenvalue weighted by Crippen LogP contribution is 2.42. The van der Waals surface area contributed by atoms with E-state index in [0.29, 0.717) is 12.8 Å². The zero-order valence-corrected chi connectivity index (χ0v) is 16.6. The number of aryl methyl sites for hydroxylation is 1. The van der Waals surface area contributed by atoms with Crippen LogP contribution < -0.4 is 5.32 Å². The number of carbonyl (C=O) groups excluding carboxylic acids is 3. The molecule has 4 rings (SSSR count). The molecule has 2 atom stereocenters. The Morgan fingerprint density at radius 3 is 2.93 bits per heavy atom. The third kappa shape index (κ3) is 2.94. The lowest BCUT2D eigenvalue weighted by Gasteiger charge is -2.31. The maximum absolute atomic E-state index is 13.1. The van der Waals surface area contributed by atoms with Crippen LogP contribution in [0.15, 0.2) is 11.4 Å². The molecule has 2 saturated heterocycles. The molecule has 8 nitrogen and oxygen atoms in total. The smallest absolute Gasteiger partial charge is 0.325 e. The summed E-state index contributed by atoms with van der Waals surface area (Å²) < 4.78 is 23.3. The molecule has 4 amide bonds. The molecule has 0 saturated carbocycles.